The molecule has 9 nitrogen and oxygen atoms in total. The van der Waals surface area contributed by atoms with E-state index >= 15 is 0 Å². The van der Waals surface area contributed by atoms with Crippen molar-refractivity contribution in [3.63, 3.8) is 0 Å². The van der Waals surface area contributed by atoms with Gasteiger partial charge in [0.05, 0.1) is 18.1 Å². The summed E-state index contributed by atoms with van der Waals surface area (Å²) < 4.78 is 23.0. The van der Waals surface area contributed by atoms with Gasteiger partial charge >= 0.3 is 0 Å². The fourth-order valence-electron chi connectivity index (χ4n) is 3.72. The number of sulfone groups is 1. The van der Waals surface area contributed by atoms with Crippen LogP contribution in [-0.2, 0) is 26.0 Å². The molecule has 3 rings (SSSR count). The lowest BCUT2D eigenvalue weighted by atomic mass is 10.2. The molecule has 1 aromatic rings. The minimum atomic E-state index is -3.01. The standard InChI is InChI=1S/C21H31N5O4S/c1-2-22-21(23-11-9-19(27)25-17-10-13-31(29,30)15-17)24-14-16-5-7-18(8-6-16)26-12-3-4-20(26)28/h5-8,17H,2-4,9-15H2,1H3,(H,25,27)(H2,22,23,24). The van der Waals surface area contributed by atoms with Crippen LogP contribution in [0.5, 0.6) is 0 Å². The van der Waals surface area contributed by atoms with Crippen LogP contribution in [-0.4, -0.2) is 63.4 Å². The molecule has 2 amide bonds. The zero-order chi connectivity index (χ0) is 22.3. The second kappa shape index (κ2) is 10.6. The van der Waals surface area contributed by atoms with Crippen molar-refractivity contribution in [3.05, 3.63) is 29.8 Å². The lowest BCUT2D eigenvalue weighted by Crippen LogP contribution is -2.41. The highest BCUT2D eigenvalue weighted by Gasteiger charge is 2.28. The maximum Gasteiger partial charge on any atom is 0.227 e. The van der Waals surface area contributed by atoms with E-state index in [1.807, 2.05) is 36.1 Å². The van der Waals surface area contributed by atoms with E-state index < -0.39 is 9.84 Å². The molecule has 3 N–H and O–H groups in total. The number of aliphatic imine (C=N–C) groups is 1. The highest BCUT2D eigenvalue weighted by atomic mass is 32.2. The van der Waals surface area contributed by atoms with Gasteiger partial charge in [-0.25, -0.2) is 13.4 Å². The Kier molecular flexibility index (Phi) is 7.89. The first-order chi connectivity index (χ1) is 14.9. The maximum atomic E-state index is 12.1. The number of rotatable bonds is 8. The van der Waals surface area contributed by atoms with Crippen molar-refractivity contribution in [1.82, 2.24) is 16.0 Å². The second-order valence-electron chi connectivity index (χ2n) is 7.85. The van der Waals surface area contributed by atoms with Crippen molar-refractivity contribution < 1.29 is 18.0 Å². The van der Waals surface area contributed by atoms with Crippen molar-refractivity contribution in [3.8, 4) is 0 Å². The van der Waals surface area contributed by atoms with Gasteiger partial charge in [0, 0.05) is 44.2 Å². The van der Waals surface area contributed by atoms with E-state index in [4.69, 9.17) is 0 Å². The summed E-state index contributed by atoms with van der Waals surface area (Å²) in [5, 5.41) is 9.06. The molecule has 0 spiro atoms. The summed E-state index contributed by atoms with van der Waals surface area (Å²) in [5.74, 6) is 0.780. The summed E-state index contributed by atoms with van der Waals surface area (Å²) in [7, 11) is -3.01. The highest BCUT2D eigenvalue weighted by Crippen LogP contribution is 2.21. The van der Waals surface area contributed by atoms with Gasteiger partial charge in [0.1, 0.15) is 0 Å². The average molecular weight is 450 g/mol. The predicted octanol–water partition coefficient (Wildman–Crippen LogP) is 0.562. The first kappa shape index (κ1) is 23.1. The smallest absolute Gasteiger partial charge is 0.227 e. The SMILES string of the molecule is CCNC(=NCc1ccc(N2CCCC2=O)cc1)NCCC(=O)NC1CCS(=O)(=O)C1. The van der Waals surface area contributed by atoms with Crippen molar-refractivity contribution in [2.24, 2.45) is 4.99 Å². The van der Waals surface area contributed by atoms with Gasteiger partial charge < -0.3 is 20.9 Å². The predicted molar refractivity (Wildman–Crippen MR) is 121 cm³/mol. The van der Waals surface area contributed by atoms with Gasteiger partial charge in [-0.3, -0.25) is 9.59 Å². The summed E-state index contributed by atoms with van der Waals surface area (Å²) in [6, 6.07) is 7.55. The van der Waals surface area contributed by atoms with Gasteiger partial charge in [-0.1, -0.05) is 12.1 Å². The molecule has 0 saturated carbocycles. The molecule has 2 aliphatic rings. The van der Waals surface area contributed by atoms with Gasteiger partial charge in [-0.05, 0) is 37.5 Å². The van der Waals surface area contributed by atoms with Crippen LogP contribution in [0.25, 0.3) is 0 Å². The second-order valence-corrected chi connectivity index (χ2v) is 10.1. The van der Waals surface area contributed by atoms with Gasteiger partial charge in [0.25, 0.3) is 0 Å². The number of hydrogen-bond acceptors (Lipinski definition) is 5. The molecular weight excluding hydrogens is 418 g/mol. The molecule has 0 bridgehead atoms. The van der Waals surface area contributed by atoms with E-state index in [-0.39, 0.29) is 35.8 Å². The van der Waals surface area contributed by atoms with E-state index in [1.165, 1.54) is 0 Å². The Morgan fingerprint density at radius 3 is 2.61 bits per heavy atom. The summed E-state index contributed by atoms with van der Waals surface area (Å²) in [6.07, 6.45) is 2.23. The molecule has 0 aliphatic carbocycles. The third-order valence-corrected chi connectivity index (χ3v) is 7.10. The number of carbonyl (C=O) groups is 2. The van der Waals surface area contributed by atoms with Gasteiger partial charge in [0.2, 0.25) is 11.8 Å². The minimum absolute atomic E-state index is 0.0287. The molecule has 170 valence electrons. The normalized spacial score (nSPS) is 20.7. The number of hydrogen-bond donors (Lipinski definition) is 3. The number of anilines is 1. The number of amides is 2. The zero-order valence-corrected chi connectivity index (χ0v) is 18.7. The lowest BCUT2D eigenvalue weighted by Gasteiger charge is -2.16. The number of nitrogens with zero attached hydrogens (tertiary/aromatic N) is 2. The minimum Gasteiger partial charge on any atom is -0.357 e. The monoisotopic (exact) mass is 449 g/mol. The van der Waals surface area contributed by atoms with Gasteiger partial charge in [0.15, 0.2) is 15.8 Å². The van der Waals surface area contributed by atoms with Crippen LogP contribution >= 0.6 is 0 Å². The summed E-state index contributed by atoms with van der Waals surface area (Å²) in [5.41, 5.74) is 1.94. The molecule has 2 saturated heterocycles. The van der Waals surface area contributed by atoms with E-state index in [0.717, 1.165) is 24.2 Å². The summed E-state index contributed by atoms with van der Waals surface area (Å²) in [6.45, 7) is 4.29. The van der Waals surface area contributed by atoms with Crippen molar-refractivity contribution in [1.29, 1.82) is 0 Å². The fourth-order valence-corrected chi connectivity index (χ4v) is 5.39. The van der Waals surface area contributed by atoms with Crippen LogP contribution < -0.4 is 20.9 Å². The van der Waals surface area contributed by atoms with Crippen LogP contribution in [0.2, 0.25) is 0 Å². The average Bonchev–Trinajstić information content (AvgIpc) is 3.31. The quantitative estimate of drug-likeness (QED) is 0.394. The van der Waals surface area contributed by atoms with Crippen LogP contribution in [0, 0.1) is 0 Å². The van der Waals surface area contributed by atoms with E-state index in [0.29, 0.717) is 38.4 Å². The Morgan fingerprint density at radius 2 is 2.00 bits per heavy atom. The first-order valence-electron chi connectivity index (χ1n) is 10.8. The highest BCUT2D eigenvalue weighted by molar-refractivity contribution is 7.91. The number of guanidine groups is 1. The van der Waals surface area contributed by atoms with Crippen LogP contribution in [0.4, 0.5) is 5.69 Å². The Hall–Kier alpha value is -2.62. The van der Waals surface area contributed by atoms with Crippen molar-refractivity contribution >= 4 is 33.3 Å². The van der Waals surface area contributed by atoms with Crippen LogP contribution in [0.1, 0.15) is 38.2 Å². The van der Waals surface area contributed by atoms with Gasteiger partial charge in [-0.2, -0.15) is 0 Å². The Balaban J connectivity index is 1.45. The first-order valence-corrected chi connectivity index (χ1v) is 12.6. The molecule has 2 fully saturated rings. The van der Waals surface area contributed by atoms with Crippen LogP contribution in [0.3, 0.4) is 0 Å². The lowest BCUT2D eigenvalue weighted by molar-refractivity contribution is -0.121. The van der Waals surface area contributed by atoms with Gasteiger partial charge in [-0.15, -0.1) is 0 Å². The van der Waals surface area contributed by atoms with E-state index in [9.17, 15) is 18.0 Å². The Labute approximate surface area is 183 Å². The van der Waals surface area contributed by atoms with E-state index in [1.54, 1.807) is 0 Å². The van der Waals surface area contributed by atoms with Crippen LogP contribution in [0.15, 0.2) is 29.3 Å². The molecule has 1 aromatic carbocycles. The molecule has 2 aliphatic heterocycles. The number of carbonyl (C=O) groups excluding carboxylic acids is 2. The third-order valence-electron chi connectivity index (χ3n) is 5.33. The van der Waals surface area contributed by atoms with Crippen molar-refractivity contribution in [2.75, 3.05) is 36.0 Å². The number of nitrogens with one attached hydrogen (secondary N) is 3. The summed E-state index contributed by atoms with van der Waals surface area (Å²) >= 11 is 0. The zero-order valence-electron chi connectivity index (χ0n) is 17.9. The number of benzene rings is 1. The largest absolute Gasteiger partial charge is 0.357 e. The summed E-state index contributed by atoms with van der Waals surface area (Å²) in [4.78, 5) is 30.3. The molecule has 1 atom stereocenters. The molecule has 10 heteroatoms. The third kappa shape index (κ3) is 6.95. The topological polar surface area (TPSA) is 120 Å². The fraction of sp³-hybridized carbons (Fsp3) is 0.571. The maximum absolute atomic E-state index is 12.1. The molecule has 31 heavy (non-hydrogen) atoms. The molecule has 2 heterocycles. The molecule has 1 unspecified atom stereocenters. The molecule has 0 aromatic heterocycles. The molecular formula is C21H31N5O4S. The Morgan fingerprint density at radius 1 is 1.23 bits per heavy atom. The van der Waals surface area contributed by atoms with E-state index in [2.05, 4.69) is 20.9 Å². The van der Waals surface area contributed by atoms with Crippen molar-refractivity contribution in [2.45, 2.75) is 45.2 Å². The Bertz CT molecular complexity index is 914. The molecule has 0 radical (unpaired) electrons.